The summed E-state index contributed by atoms with van der Waals surface area (Å²) in [5.74, 6) is -0.0972. The number of hydrogen-bond donors (Lipinski definition) is 2. The molecular weight excluding hydrogens is 316 g/mol. The molecule has 0 saturated carbocycles. The number of anilines is 1. The van der Waals surface area contributed by atoms with Crippen molar-refractivity contribution in [2.45, 2.75) is 25.8 Å². The molecule has 1 aromatic heterocycles. The molecule has 1 atom stereocenters. The molecule has 2 N–H and O–H groups in total. The predicted octanol–water partition coefficient (Wildman–Crippen LogP) is 2.87. The average Bonchev–Trinajstić information content (AvgIpc) is 2.97. The van der Waals surface area contributed by atoms with Gasteiger partial charge >= 0.3 is 6.03 Å². The zero-order valence-corrected chi connectivity index (χ0v) is 15.2. The fourth-order valence-electron chi connectivity index (χ4n) is 2.57. The summed E-state index contributed by atoms with van der Waals surface area (Å²) in [7, 11) is 5.41. The van der Waals surface area contributed by atoms with Gasteiger partial charge in [0, 0.05) is 50.3 Å². The number of nitrogens with one attached hydrogen (secondary N) is 2. The summed E-state index contributed by atoms with van der Waals surface area (Å²) in [6.45, 7) is 1.98. The molecule has 0 spiro atoms. The van der Waals surface area contributed by atoms with Crippen molar-refractivity contribution < 1.29 is 9.59 Å². The molecular formula is C19H26N4O2. The molecule has 6 heteroatoms. The third-order valence-corrected chi connectivity index (χ3v) is 4.04. The van der Waals surface area contributed by atoms with E-state index in [0.29, 0.717) is 11.3 Å². The van der Waals surface area contributed by atoms with E-state index in [4.69, 9.17) is 0 Å². The minimum atomic E-state index is -0.270. The third-order valence-electron chi connectivity index (χ3n) is 4.04. The Morgan fingerprint density at radius 2 is 1.96 bits per heavy atom. The van der Waals surface area contributed by atoms with E-state index in [1.165, 1.54) is 10.6 Å². The maximum atomic E-state index is 12.1. The zero-order chi connectivity index (χ0) is 18.4. The highest BCUT2D eigenvalue weighted by molar-refractivity contribution is 5.96. The van der Waals surface area contributed by atoms with E-state index in [-0.39, 0.29) is 18.0 Å². The second-order valence-electron chi connectivity index (χ2n) is 6.43. The van der Waals surface area contributed by atoms with E-state index in [9.17, 15) is 9.59 Å². The van der Waals surface area contributed by atoms with E-state index >= 15 is 0 Å². The van der Waals surface area contributed by atoms with Gasteiger partial charge in [-0.05, 0) is 50.1 Å². The van der Waals surface area contributed by atoms with Gasteiger partial charge in [0.25, 0.3) is 5.91 Å². The van der Waals surface area contributed by atoms with Crippen molar-refractivity contribution in [2.24, 2.45) is 7.05 Å². The summed E-state index contributed by atoms with van der Waals surface area (Å²) in [4.78, 5) is 25.6. The number of carbonyl (C=O) groups is 2. The Hall–Kier alpha value is -2.76. The van der Waals surface area contributed by atoms with Crippen LogP contribution in [0.5, 0.6) is 0 Å². The zero-order valence-electron chi connectivity index (χ0n) is 15.2. The van der Waals surface area contributed by atoms with Crippen molar-refractivity contribution in [1.82, 2.24) is 14.8 Å². The number of rotatable bonds is 6. The molecule has 0 saturated heterocycles. The summed E-state index contributed by atoms with van der Waals surface area (Å²) in [5, 5.41) is 5.71. The molecule has 1 unspecified atom stereocenters. The lowest BCUT2D eigenvalue weighted by molar-refractivity contribution is 0.0827. The Bertz CT molecular complexity index is 737. The van der Waals surface area contributed by atoms with Crippen molar-refractivity contribution in [1.29, 1.82) is 0 Å². The Labute approximate surface area is 148 Å². The van der Waals surface area contributed by atoms with Crippen LogP contribution >= 0.6 is 0 Å². The lowest BCUT2D eigenvalue weighted by atomic mass is 10.1. The molecule has 2 rings (SSSR count). The van der Waals surface area contributed by atoms with Gasteiger partial charge in [-0.15, -0.1) is 0 Å². The van der Waals surface area contributed by atoms with E-state index in [0.717, 1.165) is 12.8 Å². The van der Waals surface area contributed by atoms with Gasteiger partial charge < -0.3 is 20.1 Å². The molecule has 0 aliphatic carbocycles. The molecule has 0 fully saturated rings. The number of carbonyl (C=O) groups excluding carboxylic acids is 2. The number of urea groups is 1. The summed E-state index contributed by atoms with van der Waals surface area (Å²) < 4.78 is 2.08. The third kappa shape index (κ3) is 5.38. The van der Waals surface area contributed by atoms with Crippen LogP contribution in [0.4, 0.5) is 10.5 Å². The predicted molar refractivity (Wildman–Crippen MR) is 99.8 cm³/mol. The van der Waals surface area contributed by atoms with Gasteiger partial charge in [0.1, 0.15) is 0 Å². The molecule has 6 nitrogen and oxygen atoms in total. The summed E-state index contributed by atoms with van der Waals surface area (Å²) in [5.41, 5.74) is 2.38. The van der Waals surface area contributed by atoms with E-state index in [2.05, 4.69) is 21.3 Å². The maximum absolute atomic E-state index is 12.1. The molecule has 0 aliphatic rings. The van der Waals surface area contributed by atoms with Crippen LogP contribution in [0.2, 0.25) is 0 Å². The minimum absolute atomic E-state index is 0.0430. The maximum Gasteiger partial charge on any atom is 0.319 e. The number of nitrogens with zero attached hydrogens (tertiary/aromatic N) is 2. The highest BCUT2D eigenvalue weighted by Crippen LogP contribution is 2.12. The van der Waals surface area contributed by atoms with Gasteiger partial charge in [0.2, 0.25) is 0 Å². The van der Waals surface area contributed by atoms with Crippen LogP contribution < -0.4 is 10.6 Å². The van der Waals surface area contributed by atoms with Gasteiger partial charge in [0.05, 0.1) is 0 Å². The lowest BCUT2D eigenvalue weighted by Crippen LogP contribution is -2.36. The van der Waals surface area contributed by atoms with Crippen molar-refractivity contribution in [2.75, 3.05) is 19.4 Å². The van der Waals surface area contributed by atoms with Crippen molar-refractivity contribution in [3.63, 3.8) is 0 Å². The van der Waals surface area contributed by atoms with Crippen molar-refractivity contribution in [3.8, 4) is 0 Å². The lowest BCUT2D eigenvalue weighted by Gasteiger charge is -2.16. The van der Waals surface area contributed by atoms with E-state index in [1.807, 2.05) is 26.2 Å². The van der Waals surface area contributed by atoms with Crippen LogP contribution in [0.3, 0.4) is 0 Å². The van der Waals surface area contributed by atoms with Crippen molar-refractivity contribution >= 4 is 17.6 Å². The van der Waals surface area contributed by atoms with Gasteiger partial charge in [-0.2, -0.15) is 0 Å². The molecule has 25 heavy (non-hydrogen) atoms. The van der Waals surface area contributed by atoms with Gasteiger partial charge in [-0.1, -0.05) is 6.07 Å². The van der Waals surface area contributed by atoms with Crippen LogP contribution in [0.15, 0.2) is 42.6 Å². The van der Waals surface area contributed by atoms with Gasteiger partial charge in [-0.3, -0.25) is 4.79 Å². The fourth-order valence-corrected chi connectivity index (χ4v) is 2.57. The second kappa shape index (κ2) is 8.37. The molecule has 0 bridgehead atoms. The normalized spacial score (nSPS) is 11.7. The van der Waals surface area contributed by atoms with Crippen LogP contribution in [0, 0.1) is 0 Å². The van der Waals surface area contributed by atoms with Crippen LogP contribution in [-0.4, -0.2) is 41.5 Å². The quantitative estimate of drug-likeness (QED) is 0.848. The Balaban J connectivity index is 1.86. The minimum Gasteiger partial charge on any atom is -0.354 e. The topological polar surface area (TPSA) is 66.4 Å². The standard InChI is InChI=1S/C19H26N4O2/c1-14(10-11-17-9-6-12-23(17)4)20-19(25)21-16-8-5-7-15(13-16)18(24)22(2)3/h5-9,12-14H,10-11H2,1-4H3,(H2,20,21,25). The smallest absolute Gasteiger partial charge is 0.319 e. The van der Waals surface area contributed by atoms with E-state index in [1.54, 1.807) is 38.4 Å². The van der Waals surface area contributed by atoms with Crippen LogP contribution in [0.25, 0.3) is 0 Å². The largest absolute Gasteiger partial charge is 0.354 e. The summed E-state index contributed by atoms with van der Waals surface area (Å²) in [6, 6.07) is 10.8. The van der Waals surface area contributed by atoms with Gasteiger partial charge in [-0.25, -0.2) is 4.79 Å². The van der Waals surface area contributed by atoms with Crippen LogP contribution in [0.1, 0.15) is 29.4 Å². The monoisotopic (exact) mass is 342 g/mol. The molecule has 0 aliphatic heterocycles. The average molecular weight is 342 g/mol. The second-order valence-corrected chi connectivity index (χ2v) is 6.43. The van der Waals surface area contributed by atoms with Gasteiger partial charge in [0.15, 0.2) is 0 Å². The number of hydrogen-bond acceptors (Lipinski definition) is 2. The van der Waals surface area contributed by atoms with Crippen LogP contribution in [-0.2, 0) is 13.5 Å². The first kappa shape index (κ1) is 18.6. The Morgan fingerprint density at radius 3 is 2.60 bits per heavy atom. The first-order chi connectivity index (χ1) is 11.9. The molecule has 3 amide bonds. The summed E-state index contributed by atoms with van der Waals surface area (Å²) >= 11 is 0. The molecule has 1 heterocycles. The molecule has 134 valence electrons. The highest BCUT2D eigenvalue weighted by atomic mass is 16.2. The number of aromatic nitrogens is 1. The fraction of sp³-hybridized carbons (Fsp3) is 0.368. The molecule has 1 aromatic carbocycles. The SMILES string of the molecule is CC(CCc1cccn1C)NC(=O)Nc1cccc(C(=O)N(C)C)c1. The highest BCUT2D eigenvalue weighted by Gasteiger charge is 2.11. The van der Waals surface area contributed by atoms with E-state index < -0.39 is 0 Å². The first-order valence-corrected chi connectivity index (χ1v) is 8.36. The Kier molecular flexibility index (Phi) is 6.22. The number of aryl methyl sites for hydroxylation is 2. The summed E-state index contributed by atoms with van der Waals surface area (Å²) in [6.07, 6.45) is 3.77. The number of benzene rings is 1. The Morgan fingerprint density at radius 1 is 1.20 bits per heavy atom. The molecule has 0 radical (unpaired) electrons. The molecule has 2 aromatic rings. The van der Waals surface area contributed by atoms with Crippen molar-refractivity contribution in [3.05, 3.63) is 53.9 Å². The number of amides is 3. The first-order valence-electron chi connectivity index (χ1n) is 8.36.